The normalized spacial score (nSPS) is 15.5. The number of hydrogen-bond acceptors (Lipinski definition) is 5. The Morgan fingerprint density at radius 1 is 1.35 bits per heavy atom. The number of aliphatic hydroxyl groups excluding tert-OH is 1. The van der Waals surface area contributed by atoms with Crippen LogP contribution in [0.25, 0.3) is 11.3 Å². The number of methoxy groups -OCH3 is 1. The van der Waals surface area contributed by atoms with Gasteiger partial charge in [0.2, 0.25) is 6.29 Å². The minimum Gasteiger partial charge on any atom is -0.465 e. The van der Waals surface area contributed by atoms with E-state index in [0.717, 1.165) is 16.7 Å². The predicted octanol–water partition coefficient (Wildman–Crippen LogP) is 3.50. The van der Waals surface area contributed by atoms with Gasteiger partial charge in [-0.3, -0.25) is 4.98 Å². The topological polar surface area (TPSA) is 68.7 Å². The average Bonchev–Trinajstić information content (AvgIpc) is 2.51. The Morgan fingerprint density at radius 3 is 2.70 bits per heavy atom. The van der Waals surface area contributed by atoms with E-state index in [1.165, 1.54) is 7.11 Å². The molecule has 0 spiro atoms. The molecule has 0 saturated carbocycles. The first kappa shape index (κ1) is 15.8. The van der Waals surface area contributed by atoms with Crippen LogP contribution in [0.2, 0.25) is 5.02 Å². The average molecular weight is 334 g/mol. The Morgan fingerprint density at radius 2 is 2.04 bits per heavy atom. The van der Waals surface area contributed by atoms with E-state index in [2.05, 4.69) is 4.98 Å². The van der Waals surface area contributed by atoms with E-state index in [-0.39, 0.29) is 0 Å². The number of carbonyl (C=O) groups is 1. The van der Waals surface area contributed by atoms with Crippen LogP contribution in [0.3, 0.4) is 0 Å². The van der Waals surface area contributed by atoms with Crippen molar-refractivity contribution in [2.45, 2.75) is 27.1 Å². The monoisotopic (exact) mass is 333 g/mol. The summed E-state index contributed by atoms with van der Waals surface area (Å²) in [5, 5.41) is 10.9. The Bertz CT molecular complexity index is 832. The molecule has 1 aromatic heterocycles. The van der Waals surface area contributed by atoms with Crippen LogP contribution in [0.5, 0.6) is 5.75 Å². The third kappa shape index (κ3) is 2.36. The second kappa shape index (κ2) is 5.51. The largest absolute Gasteiger partial charge is 0.465 e. The van der Waals surface area contributed by atoms with Gasteiger partial charge in [0.15, 0.2) is 0 Å². The molecule has 6 heteroatoms. The van der Waals surface area contributed by atoms with Crippen molar-refractivity contribution in [3.8, 4) is 17.0 Å². The molecular formula is C17H16ClNO4. The summed E-state index contributed by atoms with van der Waals surface area (Å²) in [7, 11) is 1.30. The maximum Gasteiger partial charge on any atom is 0.339 e. The van der Waals surface area contributed by atoms with Crippen molar-refractivity contribution in [1.29, 1.82) is 0 Å². The van der Waals surface area contributed by atoms with Crippen molar-refractivity contribution in [2.24, 2.45) is 0 Å². The molecule has 0 saturated heterocycles. The molecule has 1 aliphatic rings. The third-order valence-electron chi connectivity index (χ3n) is 4.03. The predicted molar refractivity (Wildman–Crippen MR) is 85.8 cm³/mol. The molecule has 1 atom stereocenters. The van der Waals surface area contributed by atoms with Crippen molar-refractivity contribution < 1.29 is 19.4 Å². The summed E-state index contributed by atoms with van der Waals surface area (Å²) < 4.78 is 10.3. The van der Waals surface area contributed by atoms with Gasteiger partial charge >= 0.3 is 5.97 Å². The number of esters is 1. The molecule has 1 N–H and O–H groups in total. The SMILES string of the molecule is COC(=O)c1cc2c(nc1C)-c1c(cc(C)c(Cl)c1C)O[C@@H]2O. The number of rotatable bonds is 1. The Balaban J connectivity index is 2.31. The van der Waals surface area contributed by atoms with E-state index in [1.54, 1.807) is 19.1 Å². The summed E-state index contributed by atoms with van der Waals surface area (Å²) in [6.45, 7) is 5.48. The molecule has 0 bridgehead atoms. The molecule has 5 nitrogen and oxygen atoms in total. The van der Waals surface area contributed by atoms with Crippen LogP contribution < -0.4 is 4.74 Å². The molecule has 0 fully saturated rings. The zero-order chi connectivity index (χ0) is 16.9. The van der Waals surface area contributed by atoms with Gasteiger partial charge in [0.1, 0.15) is 5.75 Å². The van der Waals surface area contributed by atoms with Crippen LogP contribution in [-0.2, 0) is 4.74 Å². The number of hydrogen-bond donors (Lipinski definition) is 1. The van der Waals surface area contributed by atoms with E-state index < -0.39 is 12.3 Å². The maximum absolute atomic E-state index is 11.8. The smallest absolute Gasteiger partial charge is 0.339 e. The van der Waals surface area contributed by atoms with Gasteiger partial charge in [0, 0.05) is 16.1 Å². The second-order valence-electron chi connectivity index (χ2n) is 5.53. The summed E-state index contributed by atoms with van der Waals surface area (Å²) >= 11 is 6.34. The fourth-order valence-electron chi connectivity index (χ4n) is 2.82. The van der Waals surface area contributed by atoms with Crippen LogP contribution in [-0.4, -0.2) is 23.2 Å². The van der Waals surface area contributed by atoms with Gasteiger partial charge in [-0.15, -0.1) is 0 Å². The minimum atomic E-state index is -1.20. The molecule has 0 aliphatic carbocycles. The molecule has 1 aliphatic heterocycles. The number of aliphatic hydroxyl groups is 1. The highest BCUT2D eigenvalue weighted by Crippen LogP contribution is 2.45. The molecule has 2 heterocycles. The lowest BCUT2D eigenvalue weighted by Crippen LogP contribution is -2.18. The lowest BCUT2D eigenvalue weighted by Gasteiger charge is -2.27. The van der Waals surface area contributed by atoms with Gasteiger partial charge < -0.3 is 14.6 Å². The Labute approximate surface area is 138 Å². The maximum atomic E-state index is 11.8. The number of halogens is 1. The molecule has 0 radical (unpaired) electrons. The highest BCUT2D eigenvalue weighted by Gasteiger charge is 2.30. The number of ether oxygens (including phenoxy) is 2. The van der Waals surface area contributed by atoms with Crippen LogP contribution in [0.15, 0.2) is 12.1 Å². The van der Waals surface area contributed by atoms with Crippen molar-refractivity contribution in [3.63, 3.8) is 0 Å². The summed E-state index contributed by atoms with van der Waals surface area (Å²) in [6.07, 6.45) is -1.20. The van der Waals surface area contributed by atoms with Crippen molar-refractivity contribution in [2.75, 3.05) is 7.11 Å². The molecule has 0 unspecified atom stereocenters. The standard InChI is InChI=1S/C17H16ClNO4/c1-7-5-12-13(8(2)14(7)18)15-11(17(21)23-12)6-10(9(3)19-15)16(20)22-4/h5-6,17,21H,1-4H3/t17-/m0/s1. The zero-order valence-electron chi connectivity index (χ0n) is 13.2. The van der Waals surface area contributed by atoms with E-state index in [9.17, 15) is 9.90 Å². The second-order valence-corrected chi connectivity index (χ2v) is 5.90. The first-order valence-electron chi connectivity index (χ1n) is 7.09. The molecule has 23 heavy (non-hydrogen) atoms. The molecule has 0 amide bonds. The van der Waals surface area contributed by atoms with Crippen LogP contribution in [0.1, 0.15) is 39.0 Å². The van der Waals surface area contributed by atoms with Gasteiger partial charge in [-0.1, -0.05) is 11.6 Å². The van der Waals surface area contributed by atoms with Crippen LogP contribution in [0, 0.1) is 20.8 Å². The third-order valence-corrected chi connectivity index (χ3v) is 4.62. The van der Waals surface area contributed by atoms with Gasteiger partial charge in [-0.25, -0.2) is 4.79 Å². The summed E-state index contributed by atoms with van der Waals surface area (Å²) in [6, 6.07) is 3.34. The molecular weight excluding hydrogens is 318 g/mol. The highest BCUT2D eigenvalue weighted by atomic mass is 35.5. The molecule has 3 rings (SSSR count). The fourth-order valence-corrected chi connectivity index (χ4v) is 2.97. The van der Waals surface area contributed by atoms with Crippen molar-refractivity contribution in [3.05, 3.63) is 45.1 Å². The van der Waals surface area contributed by atoms with E-state index in [0.29, 0.717) is 33.3 Å². The Hall–Kier alpha value is -2.11. The number of fused-ring (bicyclic) bond motifs is 3. The van der Waals surface area contributed by atoms with E-state index in [1.807, 2.05) is 13.8 Å². The summed E-state index contributed by atoms with van der Waals surface area (Å²) in [4.78, 5) is 16.3. The van der Waals surface area contributed by atoms with Gasteiger partial charge in [-0.2, -0.15) is 0 Å². The lowest BCUT2D eigenvalue weighted by atomic mass is 9.94. The number of aryl methyl sites for hydroxylation is 2. The first-order chi connectivity index (χ1) is 10.8. The van der Waals surface area contributed by atoms with E-state index >= 15 is 0 Å². The van der Waals surface area contributed by atoms with Crippen LogP contribution >= 0.6 is 11.6 Å². The van der Waals surface area contributed by atoms with Gasteiger partial charge in [-0.05, 0) is 44.0 Å². The highest BCUT2D eigenvalue weighted by molar-refractivity contribution is 6.32. The zero-order valence-corrected chi connectivity index (χ0v) is 14.0. The molecule has 120 valence electrons. The van der Waals surface area contributed by atoms with E-state index in [4.69, 9.17) is 21.1 Å². The number of nitrogens with zero attached hydrogens (tertiary/aromatic N) is 1. The minimum absolute atomic E-state index is 0.299. The molecule has 1 aromatic carbocycles. The Kier molecular flexibility index (Phi) is 3.78. The van der Waals surface area contributed by atoms with Crippen LogP contribution in [0.4, 0.5) is 0 Å². The lowest BCUT2D eigenvalue weighted by molar-refractivity contribution is -0.0217. The van der Waals surface area contributed by atoms with Crippen molar-refractivity contribution >= 4 is 17.6 Å². The number of benzene rings is 1. The first-order valence-corrected chi connectivity index (χ1v) is 7.47. The van der Waals surface area contributed by atoms with Gasteiger partial charge in [0.25, 0.3) is 0 Å². The van der Waals surface area contributed by atoms with Crippen molar-refractivity contribution in [1.82, 2.24) is 4.98 Å². The summed E-state index contributed by atoms with van der Waals surface area (Å²) in [5.41, 5.74) is 4.24. The van der Waals surface area contributed by atoms with Gasteiger partial charge in [0.05, 0.1) is 24.1 Å². The number of carbonyl (C=O) groups excluding carboxylic acids is 1. The summed E-state index contributed by atoms with van der Waals surface area (Å²) in [5.74, 6) is 0.0246. The molecule has 2 aromatic rings. The number of pyridine rings is 1. The quantitative estimate of drug-likeness (QED) is 0.809. The fraction of sp³-hybridized carbons (Fsp3) is 0.294. The number of aromatic nitrogens is 1.